The Hall–Kier alpha value is -1.63. The summed E-state index contributed by atoms with van der Waals surface area (Å²) in [7, 11) is 1.87. The summed E-state index contributed by atoms with van der Waals surface area (Å²) in [6.07, 6.45) is 1.35. The van der Waals surface area contributed by atoms with Gasteiger partial charge in [0.25, 0.3) is 0 Å². The Morgan fingerprint density at radius 1 is 1.46 bits per heavy atom. The average molecular weight is 366 g/mol. The predicted octanol–water partition coefficient (Wildman–Crippen LogP) is 2.74. The Labute approximate surface area is 150 Å². The summed E-state index contributed by atoms with van der Waals surface area (Å²) in [5.41, 5.74) is 0.803. The maximum atomic E-state index is 12.3. The molecule has 24 heavy (non-hydrogen) atoms. The SMILES string of the molecule is CN(C(=O)Cc1csc(COc2ccc(Cl)cc2)n1)C1CCNC1. The molecular weight excluding hydrogens is 346 g/mol. The first-order chi connectivity index (χ1) is 11.6. The van der Waals surface area contributed by atoms with Gasteiger partial charge in [0.1, 0.15) is 17.4 Å². The Balaban J connectivity index is 1.51. The van der Waals surface area contributed by atoms with Crippen molar-refractivity contribution in [2.24, 2.45) is 0 Å². The Morgan fingerprint density at radius 3 is 2.96 bits per heavy atom. The maximum absolute atomic E-state index is 12.3. The first-order valence-corrected chi connectivity index (χ1v) is 9.15. The fourth-order valence-electron chi connectivity index (χ4n) is 2.63. The van der Waals surface area contributed by atoms with Gasteiger partial charge in [-0.05, 0) is 37.2 Å². The van der Waals surface area contributed by atoms with Crippen LogP contribution in [0.25, 0.3) is 0 Å². The fourth-order valence-corrected chi connectivity index (χ4v) is 3.46. The largest absolute Gasteiger partial charge is 0.486 e. The summed E-state index contributed by atoms with van der Waals surface area (Å²) in [4.78, 5) is 18.7. The minimum absolute atomic E-state index is 0.110. The lowest BCUT2D eigenvalue weighted by Gasteiger charge is -2.23. The molecule has 1 aliphatic rings. The first kappa shape index (κ1) is 17.2. The number of amides is 1. The van der Waals surface area contributed by atoms with E-state index in [9.17, 15) is 4.79 Å². The van der Waals surface area contributed by atoms with Crippen molar-refractivity contribution in [3.63, 3.8) is 0 Å². The van der Waals surface area contributed by atoms with Crippen LogP contribution in [0.3, 0.4) is 0 Å². The van der Waals surface area contributed by atoms with E-state index < -0.39 is 0 Å². The van der Waals surface area contributed by atoms with Crippen molar-refractivity contribution in [3.05, 3.63) is 45.4 Å². The molecule has 1 aliphatic heterocycles. The van der Waals surface area contributed by atoms with Gasteiger partial charge in [-0.2, -0.15) is 0 Å². The average Bonchev–Trinajstić information content (AvgIpc) is 3.25. The molecule has 128 valence electrons. The van der Waals surface area contributed by atoms with Gasteiger partial charge in [0, 0.05) is 30.0 Å². The molecule has 1 aromatic heterocycles. The van der Waals surface area contributed by atoms with E-state index in [1.54, 1.807) is 12.1 Å². The monoisotopic (exact) mass is 365 g/mol. The molecule has 2 heterocycles. The van der Waals surface area contributed by atoms with Gasteiger partial charge < -0.3 is 15.0 Å². The topological polar surface area (TPSA) is 54.5 Å². The van der Waals surface area contributed by atoms with Crippen molar-refractivity contribution in [3.8, 4) is 5.75 Å². The third-order valence-electron chi connectivity index (χ3n) is 4.08. The van der Waals surface area contributed by atoms with Crippen LogP contribution in [0.15, 0.2) is 29.6 Å². The number of thiazole rings is 1. The number of nitrogens with zero attached hydrogens (tertiary/aromatic N) is 2. The number of hydrogen-bond acceptors (Lipinski definition) is 5. The summed E-state index contributed by atoms with van der Waals surface area (Å²) in [6, 6.07) is 7.52. The van der Waals surface area contributed by atoms with Crippen molar-refractivity contribution in [1.29, 1.82) is 0 Å². The molecule has 1 amide bonds. The van der Waals surface area contributed by atoms with Gasteiger partial charge >= 0.3 is 0 Å². The molecule has 1 atom stereocenters. The Bertz CT molecular complexity index is 683. The second-order valence-corrected chi connectivity index (χ2v) is 7.18. The molecule has 1 saturated heterocycles. The number of carbonyl (C=O) groups excluding carboxylic acids is 1. The molecule has 1 aromatic carbocycles. The number of hydrogen-bond donors (Lipinski definition) is 1. The molecule has 5 nitrogen and oxygen atoms in total. The molecule has 2 aromatic rings. The highest BCUT2D eigenvalue weighted by Crippen LogP contribution is 2.19. The van der Waals surface area contributed by atoms with Gasteiger partial charge in [-0.1, -0.05) is 11.6 Å². The standard InChI is InChI=1S/C17H20ClN3O2S/c1-21(14-6-7-19-9-14)17(22)8-13-11-24-16(20-13)10-23-15-4-2-12(18)3-5-15/h2-5,11,14,19H,6-10H2,1H3. The van der Waals surface area contributed by atoms with Crippen molar-refractivity contribution >= 4 is 28.8 Å². The summed E-state index contributed by atoms with van der Waals surface area (Å²) in [5, 5.41) is 6.75. The summed E-state index contributed by atoms with van der Waals surface area (Å²) >= 11 is 7.36. The molecule has 0 bridgehead atoms. The second kappa shape index (κ2) is 7.96. The van der Waals surface area contributed by atoms with Crippen LogP contribution in [0.5, 0.6) is 5.75 Å². The summed E-state index contributed by atoms with van der Waals surface area (Å²) in [6.45, 7) is 2.24. The van der Waals surface area contributed by atoms with Crippen LogP contribution in [0.2, 0.25) is 5.02 Å². The summed E-state index contributed by atoms with van der Waals surface area (Å²) in [5.74, 6) is 0.861. The zero-order valence-corrected chi connectivity index (χ0v) is 15.1. The van der Waals surface area contributed by atoms with E-state index in [4.69, 9.17) is 16.3 Å². The Morgan fingerprint density at radius 2 is 2.25 bits per heavy atom. The van der Waals surface area contributed by atoms with Gasteiger partial charge in [0.2, 0.25) is 5.91 Å². The van der Waals surface area contributed by atoms with Crippen LogP contribution < -0.4 is 10.1 Å². The molecule has 1 N–H and O–H groups in total. The number of aromatic nitrogens is 1. The van der Waals surface area contributed by atoms with Gasteiger partial charge in [-0.15, -0.1) is 11.3 Å². The number of benzene rings is 1. The second-order valence-electron chi connectivity index (χ2n) is 5.80. The van der Waals surface area contributed by atoms with E-state index in [0.717, 1.165) is 36.0 Å². The van der Waals surface area contributed by atoms with E-state index in [1.807, 2.05) is 29.5 Å². The molecule has 1 unspecified atom stereocenters. The number of nitrogens with one attached hydrogen (secondary N) is 1. The Kier molecular flexibility index (Phi) is 5.71. The van der Waals surface area contributed by atoms with E-state index in [0.29, 0.717) is 24.1 Å². The first-order valence-electron chi connectivity index (χ1n) is 7.90. The maximum Gasteiger partial charge on any atom is 0.228 e. The lowest BCUT2D eigenvalue weighted by Crippen LogP contribution is -2.39. The lowest BCUT2D eigenvalue weighted by atomic mass is 10.2. The number of likely N-dealkylation sites (N-methyl/N-ethyl adjacent to an activating group) is 1. The van der Waals surface area contributed by atoms with Crippen molar-refractivity contribution in [2.45, 2.75) is 25.5 Å². The van der Waals surface area contributed by atoms with E-state index in [-0.39, 0.29) is 5.91 Å². The number of halogens is 1. The molecule has 7 heteroatoms. The molecule has 0 spiro atoms. The van der Waals surface area contributed by atoms with Crippen LogP contribution in [0, 0.1) is 0 Å². The highest BCUT2D eigenvalue weighted by atomic mass is 35.5. The molecule has 0 radical (unpaired) electrons. The minimum atomic E-state index is 0.110. The lowest BCUT2D eigenvalue weighted by molar-refractivity contribution is -0.130. The van der Waals surface area contributed by atoms with Gasteiger partial charge in [-0.25, -0.2) is 4.98 Å². The zero-order valence-electron chi connectivity index (χ0n) is 13.5. The molecular formula is C17H20ClN3O2S. The fraction of sp³-hybridized carbons (Fsp3) is 0.412. The minimum Gasteiger partial charge on any atom is -0.486 e. The third kappa shape index (κ3) is 4.47. The number of carbonyl (C=O) groups is 1. The van der Waals surface area contributed by atoms with Crippen LogP contribution in [-0.2, 0) is 17.8 Å². The molecule has 0 aliphatic carbocycles. The van der Waals surface area contributed by atoms with Gasteiger partial charge in [0.15, 0.2) is 0 Å². The highest BCUT2D eigenvalue weighted by molar-refractivity contribution is 7.09. The molecule has 1 fully saturated rings. The smallest absolute Gasteiger partial charge is 0.228 e. The summed E-state index contributed by atoms with van der Waals surface area (Å²) < 4.78 is 5.68. The zero-order chi connectivity index (χ0) is 16.9. The highest BCUT2D eigenvalue weighted by Gasteiger charge is 2.23. The van der Waals surface area contributed by atoms with Gasteiger partial charge in [0.05, 0.1) is 12.1 Å². The normalized spacial score (nSPS) is 17.0. The van der Waals surface area contributed by atoms with Crippen molar-refractivity contribution in [2.75, 3.05) is 20.1 Å². The number of rotatable bonds is 6. The van der Waals surface area contributed by atoms with E-state index in [1.165, 1.54) is 11.3 Å². The predicted molar refractivity (Wildman–Crippen MR) is 95.6 cm³/mol. The van der Waals surface area contributed by atoms with Crippen molar-refractivity contribution in [1.82, 2.24) is 15.2 Å². The quantitative estimate of drug-likeness (QED) is 0.855. The van der Waals surface area contributed by atoms with E-state index >= 15 is 0 Å². The van der Waals surface area contributed by atoms with E-state index in [2.05, 4.69) is 10.3 Å². The third-order valence-corrected chi connectivity index (χ3v) is 5.21. The van der Waals surface area contributed by atoms with Gasteiger partial charge in [-0.3, -0.25) is 4.79 Å². The molecule has 0 saturated carbocycles. The molecule has 3 rings (SSSR count). The van der Waals surface area contributed by atoms with Crippen LogP contribution in [0.4, 0.5) is 0 Å². The van der Waals surface area contributed by atoms with Crippen LogP contribution in [-0.4, -0.2) is 42.0 Å². The van der Waals surface area contributed by atoms with Crippen LogP contribution in [0.1, 0.15) is 17.1 Å². The number of ether oxygens (including phenoxy) is 1. The van der Waals surface area contributed by atoms with Crippen molar-refractivity contribution < 1.29 is 9.53 Å². The van der Waals surface area contributed by atoms with Crippen LogP contribution >= 0.6 is 22.9 Å².